The van der Waals surface area contributed by atoms with Crippen LogP contribution in [0.25, 0.3) is 0 Å². The van der Waals surface area contributed by atoms with Crippen LogP contribution in [0.2, 0.25) is 0 Å². The quantitative estimate of drug-likeness (QED) is 0.624. The number of halogens is 1. The molecule has 0 saturated carbocycles. The summed E-state index contributed by atoms with van der Waals surface area (Å²) in [6.45, 7) is 1.40. The lowest BCUT2D eigenvalue weighted by Crippen LogP contribution is -2.28. The maximum Gasteiger partial charge on any atom is 0.328 e. The number of unbranched alkanes of at least 4 members (excludes halogenated alkanes) is 5. The summed E-state index contributed by atoms with van der Waals surface area (Å²) in [7, 11) is 0. The number of aromatic nitrogens is 2. The Kier molecular flexibility index (Phi) is 7.82. The first-order chi connectivity index (χ1) is 11.6. The molecule has 0 unspecified atom stereocenters. The summed E-state index contributed by atoms with van der Waals surface area (Å²) in [5.41, 5.74) is -0.672. The second kappa shape index (κ2) is 10.1. The van der Waals surface area contributed by atoms with Gasteiger partial charge in [-0.25, -0.2) is 4.79 Å². The minimum absolute atomic E-state index is 0.326. The predicted octanol–water partition coefficient (Wildman–Crippen LogP) is 3.72. The van der Waals surface area contributed by atoms with Crippen LogP contribution in [0.4, 0.5) is 0 Å². The van der Waals surface area contributed by atoms with Crippen molar-refractivity contribution in [1.82, 2.24) is 9.55 Å². The molecular weight excluding hydrogens is 372 g/mol. The molecule has 0 aliphatic heterocycles. The normalized spacial score (nSPS) is 10.7. The topological polar surface area (TPSA) is 64.1 Å². The van der Waals surface area contributed by atoms with Gasteiger partial charge in [-0.2, -0.15) is 0 Å². The zero-order chi connectivity index (χ0) is 17.2. The highest BCUT2D eigenvalue weighted by molar-refractivity contribution is 9.10. The number of hydrogen-bond donors (Lipinski definition) is 1. The number of aryl methyl sites for hydroxylation is 1. The fourth-order valence-corrected chi connectivity index (χ4v) is 2.70. The van der Waals surface area contributed by atoms with Gasteiger partial charge < -0.3 is 9.30 Å². The van der Waals surface area contributed by atoms with Gasteiger partial charge in [0, 0.05) is 23.3 Å². The number of benzene rings is 1. The zero-order valence-electron chi connectivity index (χ0n) is 13.7. The molecule has 1 aromatic heterocycles. The molecule has 1 N–H and O–H groups in total. The van der Waals surface area contributed by atoms with Gasteiger partial charge in [-0.15, -0.1) is 0 Å². The van der Waals surface area contributed by atoms with Crippen LogP contribution < -0.4 is 16.0 Å². The van der Waals surface area contributed by atoms with Crippen molar-refractivity contribution < 1.29 is 4.74 Å². The van der Waals surface area contributed by atoms with Crippen molar-refractivity contribution in [3.8, 4) is 5.75 Å². The minimum atomic E-state index is -0.346. The lowest BCUT2D eigenvalue weighted by molar-refractivity contribution is 0.304. The summed E-state index contributed by atoms with van der Waals surface area (Å²) in [5, 5.41) is 0. The number of aromatic amines is 1. The second-order valence-electron chi connectivity index (χ2n) is 5.73. The van der Waals surface area contributed by atoms with E-state index in [2.05, 4.69) is 20.9 Å². The van der Waals surface area contributed by atoms with E-state index in [4.69, 9.17) is 4.74 Å². The number of rotatable bonds is 10. The van der Waals surface area contributed by atoms with Gasteiger partial charge in [0.25, 0.3) is 5.56 Å². The maximum atomic E-state index is 11.5. The number of H-pyrrole nitrogens is 1. The highest BCUT2D eigenvalue weighted by atomic mass is 79.9. The van der Waals surface area contributed by atoms with E-state index in [0.717, 1.165) is 48.9 Å². The van der Waals surface area contributed by atoms with Gasteiger partial charge >= 0.3 is 5.69 Å². The molecule has 0 bridgehead atoms. The van der Waals surface area contributed by atoms with Crippen LogP contribution in [-0.2, 0) is 6.54 Å². The van der Waals surface area contributed by atoms with E-state index in [1.54, 1.807) is 10.8 Å². The van der Waals surface area contributed by atoms with Crippen LogP contribution in [0.1, 0.15) is 38.5 Å². The molecule has 0 fully saturated rings. The van der Waals surface area contributed by atoms with Crippen LogP contribution >= 0.6 is 15.9 Å². The van der Waals surface area contributed by atoms with Crippen LogP contribution in [0.3, 0.4) is 0 Å². The van der Waals surface area contributed by atoms with E-state index in [1.807, 2.05) is 24.3 Å². The van der Waals surface area contributed by atoms with E-state index < -0.39 is 0 Å². The first-order valence-corrected chi connectivity index (χ1v) is 9.12. The molecule has 1 heterocycles. The molecule has 0 aliphatic rings. The van der Waals surface area contributed by atoms with Crippen molar-refractivity contribution in [2.45, 2.75) is 45.1 Å². The molecule has 0 amide bonds. The number of nitrogens with one attached hydrogen (secondary N) is 1. The Hall–Kier alpha value is -1.82. The monoisotopic (exact) mass is 394 g/mol. The minimum Gasteiger partial charge on any atom is -0.494 e. The highest BCUT2D eigenvalue weighted by Crippen LogP contribution is 2.16. The van der Waals surface area contributed by atoms with Gasteiger partial charge in [0.2, 0.25) is 0 Å². The fraction of sp³-hybridized carbons (Fsp3) is 0.444. The lowest BCUT2D eigenvalue weighted by atomic mass is 10.1. The maximum absolute atomic E-state index is 11.5. The van der Waals surface area contributed by atoms with Gasteiger partial charge in [-0.05, 0) is 37.1 Å². The molecule has 1 aromatic carbocycles. The first-order valence-electron chi connectivity index (χ1n) is 8.33. The smallest absolute Gasteiger partial charge is 0.328 e. The molecule has 0 aliphatic carbocycles. The molecule has 2 rings (SSSR count). The van der Waals surface area contributed by atoms with Crippen molar-refractivity contribution in [3.05, 3.63) is 61.8 Å². The van der Waals surface area contributed by atoms with E-state index in [-0.39, 0.29) is 11.2 Å². The molecule has 130 valence electrons. The van der Waals surface area contributed by atoms with E-state index in [1.165, 1.54) is 12.5 Å². The summed E-state index contributed by atoms with van der Waals surface area (Å²) in [6.07, 6.45) is 8.10. The molecule has 0 spiro atoms. The van der Waals surface area contributed by atoms with Crippen molar-refractivity contribution in [2.75, 3.05) is 6.61 Å². The third-order valence-corrected chi connectivity index (χ3v) is 4.30. The molecule has 5 nitrogen and oxygen atoms in total. The molecule has 0 radical (unpaired) electrons. The van der Waals surface area contributed by atoms with Gasteiger partial charge in [-0.1, -0.05) is 41.6 Å². The molecular formula is C18H23BrN2O3. The molecule has 6 heteroatoms. The number of nitrogens with zero attached hydrogens (tertiary/aromatic N) is 1. The van der Waals surface area contributed by atoms with Gasteiger partial charge in [-0.3, -0.25) is 9.78 Å². The van der Waals surface area contributed by atoms with E-state index in [9.17, 15) is 9.59 Å². The van der Waals surface area contributed by atoms with Crippen LogP contribution in [0.15, 0.2) is 50.6 Å². The molecule has 0 saturated heterocycles. The summed E-state index contributed by atoms with van der Waals surface area (Å²) in [5.74, 6) is 0.907. The molecule has 2 aromatic rings. The third-order valence-electron chi connectivity index (χ3n) is 3.77. The van der Waals surface area contributed by atoms with Crippen molar-refractivity contribution in [2.24, 2.45) is 0 Å². The van der Waals surface area contributed by atoms with Crippen molar-refractivity contribution in [1.29, 1.82) is 0 Å². The predicted molar refractivity (Wildman–Crippen MR) is 98.7 cm³/mol. The zero-order valence-corrected chi connectivity index (χ0v) is 15.3. The average Bonchev–Trinajstić information content (AvgIpc) is 2.56. The van der Waals surface area contributed by atoms with E-state index >= 15 is 0 Å². The second-order valence-corrected chi connectivity index (χ2v) is 6.64. The lowest BCUT2D eigenvalue weighted by Gasteiger charge is -2.06. The van der Waals surface area contributed by atoms with Crippen molar-refractivity contribution in [3.63, 3.8) is 0 Å². The van der Waals surface area contributed by atoms with Crippen LogP contribution in [0, 0.1) is 0 Å². The Morgan fingerprint density at radius 3 is 2.29 bits per heavy atom. The Labute approximate surface area is 149 Å². The molecule has 24 heavy (non-hydrogen) atoms. The standard InChI is InChI=1S/C18H23BrN2O3/c19-15-7-9-16(10-8-15)24-14-6-4-2-1-3-5-12-21-13-11-17(22)20-18(21)23/h7-11,13H,1-6,12,14H2,(H,20,22,23). The summed E-state index contributed by atoms with van der Waals surface area (Å²) < 4.78 is 8.29. The fourth-order valence-electron chi connectivity index (χ4n) is 2.43. The SMILES string of the molecule is O=c1ccn(CCCCCCCCOc2ccc(Br)cc2)c(=O)[nH]1. The number of ether oxygens (including phenoxy) is 1. The summed E-state index contributed by atoms with van der Waals surface area (Å²) >= 11 is 3.40. The van der Waals surface area contributed by atoms with E-state index in [0.29, 0.717) is 6.54 Å². The Morgan fingerprint density at radius 2 is 1.58 bits per heavy atom. The van der Waals surface area contributed by atoms with Crippen LogP contribution in [0.5, 0.6) is 5.75 Å². The average molecular weight is 395 g/mol. The Balaban J connectivity index is 1.49. The summed E-state index contributed by atoms with van der Waals surface area (Å²) in [4.78, 5) is 24.7. The Morgan fingerprint density at radius 1 is 0.917 bits per heavy atom. The van der Waals surface area contributed by atoms with Crippen LogP contribution in [-0.4, -0.2) is 16.2 Å². The largest absolute Gasteiger partial charge is 0.494 e. The molecule has 0 atom stereocenters. The summed E-state index contributed by atoms with van der Waals surface area (Å²) in [6, 6.07) is 9.25. The first kappa shape index (κ1) is 18.5. The van der Waals surface area contributed by atoms with Gasteiger partial charge in [0.15, 0.2) is 0 Å². The van der Waals surface area contributed by atoms with Gasteiger partial charge in [0.1, 0.15) is 5.75 Å². The number of hydrogen-bond acceptors (Lipinski definition) is 3. The van der Waals surface area contributed by atoms with Gasteiger partial charge in [0.05, 0.1) is 6.61 Å². The highest BCUT2D eigenvalue weighted by Gasteiger charge is 1.97. The van der Waals surface area contributed by atoms with Crippen molar-refractivity contribution >= 4 is 15.9 Å². The third kappa shape index (κ3) is 6.74. The Bertz CT molecular complexity index is 722.